The third-order valence-electron chi connectivity index (χ3n) is 3.35. The summed E-state index contributed by atoms with van der Waals surface area (Å²) in [5.41, 5.74) is 1.16. The third-order valence-corrected chi connectivity index (χ3v) is 3.35. The zero-order valence-electron chi connectivity index (χ0n) is 11.8. The summed E-state index contributed by atoms with van der Waals surface area (Å²) < 4.78 is 11.0. The van der Waals surface area contributed by atoms with Crippen LogP contribution in [0, 0.1) is 0 Å². The lowest BCUT2D eigenvalue weighted by atomic mass is 10.2. The molecule has 0 spiro atoms. The predicted molar refractivity (Wildman–Crippen MR) is 77.3 cm³/mol. The maximum absolute atomic E-state index is 11.6. The van der Waals surface area contributed by atoms with E-state index in [0.29, 0.717) is 26.2 Å². The van der Waals surface area contributed by atoms with Crippen LogP contribution in [-0.4, -0.2) is 31.8 Å². The van der Waals surface area contributed by atoms with Gasteiger partial charge in [0.2, 0.25) is 5.91 Å². The quantitative estimate of drug-likeness (QED) is 0.742. The first-order chi connectivity index (χ1) is 9.84. The van der Waals surface area contributed by atoms with E-state index in [2.05, 4.69) is 5.32 Å². The lowest BCUT2D eigenvalue weighted by Crippen LogP contribution is -2.31. The number of benzene rings is 1. The molecule has 1 saturated heterocycles. The van der Waals surface area contributed by atoms with Gasteiger partial charge in [0.05, 0.1) is 12.7 Å². The minimum atomic E-state index is 0.0869. The van der Waals surface area contributed by atoms with E-state index in [9.17, 15) is 4.79 Å². The predicted octanol–water partition coefficient (Wildman–Crippen LogP) is 2.28. The highest BCUT2D eigenvalue weighted by Gasteiger charge is 2.15. The molecule has 1 heterocycles. The molecular formula is C16H23NO3. The standard InChI is InChI=1S/C16H23NO3/c18-16(17-12-15-8-4-11-20-15)9-5-10-19-13-14-6-2-1-3-7-14/h1-3,6-7,15H,4-5,8-13H2,(H,17,18)/t15-/m1/s1. The van der Waals surface area contributed by atoms with Crippen molar-refractivity contribution in [1.29, 1.82) is 0 Å². The van der Waals surface area contributed by atoms with E-state index < -0.39 is 0 Å². The Bertz CT molecular complexity index is 388. The molecule has 20 heavy (non-hydrogen) atoms. The van der Waals surface area contributed by atoms with Gasteiger partial charge < -0.3 is 14.8 Å². The normalized spacial score (nSPS) is 18.1. The Morgan fingerprint density at radius 1 is 1.35 bits per heavy atom. The summed E-state index contributed by atoms with van der Waals surface area (Å²) in [7, 11) is 0. The maximum atomic E-state index is 11.6. The van der Waals surface area contributed by atoms with Gasteiger partial charge in [0, 0.05) is 26.2 Å². The van der Waals surface area contributed by atoms with E-state index in [4.69, 9.17) is 9.47 Å². The van der Waals surface area contributed by atoms with Crippen molar-refractivity contribution in [2.24, 2.45) is 0 Å². The Kier molecular flexibility index (Phi) is 6.54. The molecule has 1 fully saturated rings. The molecule has 110 valence electrons. The van der Waals surface area contributed by atoms with Gasteiger partial charge in [-0.2, -0.15) is 0 Å². The molecule has 1 aromatic carbocycles. The van der Waals surface area contributed by atoms with Gasteiger partial charge in [-0.3, -0.25) is 4.79 Å². The van der Waals surface area contributed by atoms with Crippen LogP contribution in [0.5, 0.6) is 0 Å². The molecule has 1 aliphatic heterocycles. The first kappa shape index (κ1) is 15.0. The smallest absolute Gasteiger partial charge is 0.220 e. The molecule has 0 radical (unpaired) electrons. The number of amides is 1. The summed E-state index contributed by atoms with van der Waals surface area (Å²) in [6.07, 6.45) is 3.65. The van der Waals surface area contributed by atoms with Gasteiger partial charge in [-0.1, -0.05) is 30.3 Å². The fourth-order valence-electron chi connectivity index (χ4n) is 2.22. The highest BCUT2D eigenvalue weighted by atomic mass is 16.5. The van der Waals surface area contributed by atoms with Crippen LogP contribution < -0.4 is 5.32 Å². The van der Waals surface area contributed by atoms with Crippen LogP contribution in [0.2, 0.25) is 0 Å². The number of hydrogen-bond donors (Lipinski definition) is 1. The van der Waals surface area contributed by atoms with Crippen molar-refractivity contribution in [3.63, 3.8) is 0 Å². The highest BCUT2D eigenvalue weighted by molar-refractivity contribution is 5.75. The van der Waals surface area contributed by atoms with Gasteiger partial charge in [0.1, 0.15) is 0 Å². The van der Waals surface area contributed by atoms with Crippen LogP contribution in [0.4, 0.5) is 0 Å². The SMILES string of the molecule is O=C(CCCOCc1ccccc1)NC[C@H]1CCCO1. The van der Waals surface area contributed by atoms with Crippen molar-refractivity contribution in [2.45, 2.75) is 38.4 Å². The van der Waals surface area contributed by atoms with Crippen LogP contribution >= 0.6 is 0 Å². The van der Waals surface area contributed by atoms with E-state index in [-0.39, 0.29) is 12.0 Å². The Morgan fingerprint density at radius 2 is 2.20 bits per heavy atom. The summed E-state index contributed by atoms with van der Waals surface area (Å²) in [6, 6.07) is 10.1. The number of carbonyl (C=O) groups excluding carboxylic acids is 1. The second-order valence-electron chi connectivity index (χ2n) is 5.08. The van der Waals surface area contributed by atoms with Gasteiger partial charge in [-0.25, -0.2) is 0 Å². The summed E-state index contributed by atoms with van der Waals surface area (Å²) in [5.74, 6) is 0.0869. The van der Waals surface area contributed by atoms with Crippen molar-refractivity contribution in [1.82, 2.24) is 5.32 Å². The average molecular weight is 277 g/mol. The van der Waals surface area contributed by atoms with Crippen LogP contribution in [-0.2, 0) is 20.9 Å². The third kappa shape index (κ3) is 5.72. The number of rotatable bonds is 8. The minimum absolute atomic E-state index is 0.0869. The molecule has 0 aromatic heterocycles. The van der Waals surface area contributed by atoms with E-state index >= 15 is 0 Å². The van der Waals surface area contributed by atoms with Crippen molar-refractivity contribution >= 4 is 5.91 Å². The van der Waals surface area contributed by atoms with Gasteiger partial charge in [0.25, 0.3) is 0 Å². The Morgan fingerprint density at radius 3 is 2.95 bits per heavy atom. The average Bonchev–Trinajstić information content (AvgIpc) is 2.99. The van der Waals surface area contributed by atoms with Crippen molar-refractivity contribution in [2.75, 3.05) is 19.8 Å². The van der Waals surface area contributed by atoms with Gasteiger partial charge in [-0.05, 0) is 24.8 Å². The molecule has 2 rings (SSSR count). The summed E-state index contributed by atoms with van der Waals surface area (Å²) in [5, 5.41) is 2.91. The van der Waals surface area contributed by atoms with Crippen molar-refractivity contribution in [3.8, 4) is 0 Å². The zero-order valence-corrected chi connectivity index (χ0v) is 11.8. The van der Waals surface area contributed by atoms with Gasteiger partial charge in [-0.15, -0.1) is 0 Å². The lowest BCUT2D eigenvalue weighted by Gasteiger charge is -2.10. The summed E-state index contributed by atoms with van der Waals surface area (Å²) >= 11 is 0. The Balaban J connectivity index is 1.47. The van der Waals surface area contributed by atoms with Crippen LogP contribution in [0.15, 0.2) is 30.3 Å². The van der Waals surface area contributed by atoms with Gasteiger partial charge >= 0.3 is 0 Å². The first-order valence-electron chi connectivity index (χ1n) is 7.34. The first-order valence-corrected chi connectivity index (χ1v) is 7.34. The van der Waals surface area contributed by atoms with E-state index in [0.717, 1.165) is 31.4 Å². The number of carbonyl (C=O) groups is 1. The molecule has 0 saturated carbocycles. The number of ether oxygens (including phenoxy) is 2. The number of nitrogens with one attached hydrogen (secondary N) is 1. The molecular weight excluding hydrogens is 254 g/mol. The number of hydrogen-bond acceptors (Lipinski definition) is 3. The van der Waals surface area contributed by atoms with Crippen LogP contribution in [0.25, 0.3) is 0 Å². The second kappa shape index (κ2) is 8.72. The molecule has 1 aromatic rings. The van der Waals surface area contributed by atoms with Crippen molar-refractivity contribution < 1.29 is 14.3 Å². The molecule has 0 unspecified atom stereocenters. The molecule has 0 aliphatic carbocycles. The van der Waals surface area contributed by atoms with Gasteiger partial charge in [0.15, 0.2) is 0 Å². The molecule has 0 bridgehead atoms. The topological polar surface area (TPSA) is 47.6 Å². The van der Waals surface area contributed by atoms with Crippen LogP contribution in [0.1, 0.15) is 31.2 Å². The monoisotopic (exact) mass is 277 g/mol. The van der Waals surface area contributed by atoms with E-state index in [1.807, 2.05) is 30.3 Å². The van der Waals surface area contributed by atoms with E-state index in [1.54, 1.807) is 0 Å². The molecule has 1 aliphatic rings. The molecule has 4 heteroatoms. The molecule has 4 nitrogen and oxygen atoms in total. The lowest BCUT2D eigenvalue weighted by molar-refractivity contribution is -0.121. The van der Waals surface area contributed by atoms with Crippen molar-refractivity contribution in [3.05, 3.63) is 35.9 Å². The Labute approximate surface area is 120 Å². The van der Waals surface area contributed by atoms with E-state index in [1.165, 1.54) is 0 Å². The molecule has 1 N–H and O–H groups in total. The fourth-order valence-corrected chi connectivity index (χ4v) is 2.22. The second-order valence-corrected chi connectivity index (χ2v) is 5.08. The fraction of sp³-hybridized carbons (Fsp3) is 0.562. The Hall–Kier alpha value is -1.39. The highest BCUT2D eigenvalue weighted by Crippen LogP contribution is 2.10. The maximum Gasteiger partial charge on any atom is 0.220 e. The molecule has 1 amide bonds. The minimum Gasteiger partial charge on any atom is -0.377 e. The summed E-state index contributed by atoms with van der Waals surface area (Å²) in [4.78, 5) is 11.6. The zero-order chi connectivity index (χ0) is 14.0. The molecule has 1 atom stereocenters. The summed E-state index contributed by atoms with van der Waals surface area (Å²) in [6.45, 7) is 2.69. The van der Waals surface area contributed by atoms with Crippen LogP contribution in [0.3, 0.4) is 0 Å². The largest absolute Gasteiger partial charge is 0.377 e.